The van der Waals surface area contributed by atoms with Crippen molar-refractivity contribution < 1.29 is 8.42 Å². The van der Waals surface area contributed by atoms with E-state index < -0.39 is 10.0 Å². The number of anilines is 1. The molecule has 0 aliphatic carbocycles. The summed E-state index contributed by atoms with van der Waals surface area (Å²) in [5.41, 5.74) is 1.47. The molecule has 0 saturated heterocycles. The Kier molecular flexibility index (Phi) is 4.27. The van der Waals surface area contributed by atoms with Gasteiger partial charge in [-0.3, -0.25) is 4.72 Å². The summed E-state index contributed by atoms with van der Waals surface area (Å²) in [5.74, 6) is -0.0101. The molecular formula is C12H12ClNO2S2. The second-order valence-corrected chi connectivity index (χ2v) is 6.80. The lowest BCUT2D eigenvalue weighted by Crippen LogP contribution is -2.17. The minimum Gasteiger partial charge on any atom is -0.283 e. The van der Waals surface area contributed by atoms with Crippen LogP contribution < -0.4 is 4.72 Å². The summed E-state index contributed by atoms with van der Waals surface area (Å²) in [6.45, 7) is 0. The Hall–Kier alpha value is -1.04. The summed E-state index contributed by atoms with van der Waals surface area (Å²) < 4.78 is 26.0. The van der Waals surface area contributed by atoms with Gasteiger partial charge in [-0.25, -0.2) is 8.42 Å². The van der Waals surface area contributed by atoms with Crippen LogP contribution in [-0.4, -0.2) is 20.1 Å². The highest BCUT2D eigenvalue weighted by molar-refractivity contribution is 7.92. The number of thiophene rings is 1. The van der Waals surface area contributed by atoms with E-state index in [2.05, 4.69) is 4.72 Å². The van der Waals surface area contributed by atoms with Crippen molar-refractivity contribution in [3.63, 3.8) is 0 Å². The van der Waals surface area contributed by atoms with Crippen molar-refractivity contribution >= 4 is 38.6 Å². The molecule has 0 fully saturated rings. The number of alkyl halides is 1. The van der Waals surface area contributed by atoms with Gasteiger partial charge in [-0.05, 0) is 17.5 Å². The molecular weight excluding hydrogens is 290 g/mol. The van der Waals surface area contributed by atoms with Gasteiger partial charge in [0.05, 0.1) is 11.4 Å². The lowest BCUT2D eigenvalue weighted by Gasteiger charge is -2.10. The predicted octanol–water partition coefficient (Wildman–Crippen LogP) is 3.40. The first-order chi connectivity index (χ1) is 8.62. The molecule has 1 N–H and O–H groups in total. The van der Waals surface area contributed by atoms with E-state index in [0.29, 0.717) is 5.69 Å². The summed E-state index contributed by atoms with van der Waals surface area (Å²) in [7, 11) is -3.38. The molecule has 0 amide bonds. The number of rotatable bonds is 5. The number of nitrogens with one attached hydrogen (secondary N) is 1. The standard InChI is InChI=1S/C12H12ClNO2S2/c13-7-9-18(15,16)14-11-5-2-1-4-10(11)12-6-3-8-17-12/h1-6,8,14H,7,9H2. The Bertz CT molecular complexity index is 609. The van der Waals surface area contributed by atoms with Crippen LogP contribution in [0, 0.1) is 0 Å². The molecule has 0 aliphatic rings. The number of para-hydroxylation sites is 1. The Labute approximate surface area is 115 Å². The lowest BCUT2D eigenvalue weighted by molar-refractivity contribution is 0.602. The summed E-state index contributed by atoms with van der Waals surface area (Å²) >= 11 is 7.04. The Morgan fingerprint density at radius 2 is 1.94 bits per heavy atom. The predicted molar refractivity (Wildman–Crippen MR) is 77.9 cm³/mol. The SMILES string of the molecule is O=S(=O)(CCCl)Nc1ccccc1-c1cccs1. The van der Waals surface area contributed by atoms with Crippen molar-refractivity contribution in [2.24, 2.45) is 0 Å². The van der Waals surface area contributed by atoms with E-state index in [1.807, 2.05) is 29.6 Å². The molecule has 2 rings (SSSR count). The monoisotopic (exact) mass is 301 g/mol. The minimum atomic E-state index is -3.38. The molecule has 0 atom stereocenters. The van der Waals surface area contributed by atoms with Crippen LogP contribution in [0.4, 0.5) is 5.69 Å². The highest BCUT2D eigenvalue weighted by atomic mass is 35.5. The Balaban J connectivity index is 2.35. The first kappa shape index (κ1) is 13.4. The van der Waals surface area contributed by atoms with Crippen molar-refractivity contribution in [1.29, 1.82) is 0 Å². The Morgan fingerprint density at radius 1 is 1.17 bits per heavy atom. The maximum Gasteiger partial charge on any atom is 0.233 e. The molecule has 1 heterocycles. The highest BCUT2D eigenvalue weighted by Gasteiger charge is 2.13. The number of sulfonamides is 1. The third kappa shape index (κ3) is 3.25. The van der Waals surface area contributed by atoms with Crippen molar-refractivity contribution in [1.82, 2.24) is 0 Å². The average molecular weight is 302 g/mol. The van der Waals surface area contributed by atoms with Crippen LogP contribution in [0.5, 0.6) is 0 Å². The summed E-state index contributed by atoms with van der Waals surface area (Å²) in [5, 5.41) is 1.96. The van der Waals surface area contributed by atoms with Crippen LogP contribution in [0.15, 0.2) is 41.8 Å². The van der Waals surface area contributed by atoms with E-state index in [1.54, 1.807) is 23.5 Å². The van der Waals surface area contributed by atoms with Crippen LogP contribution in [0.1, 0.15) is 0 Å². The molecule has 96 valence electrons. The maximum atomic E-state index is 11.7. The molecule has 0 saturated carbocycles. The van der Waals surface area contributed by atoms with E-state index >= 15 is 0 Å². The molecule has 0 bridgehead atoms. The van der Waals surface area contributed by atoms with E-state index in [4.69, 9.17) is 11.6 Å². The van der Waals surface area contributed by atoms with Gasteiger partial charge in [-0.15, -0.1) is 22.9 Å². The number of halogens is 1. The summed E-state index contributed by atoms with van der Waals surface area (Å²) in [6, 6.07) is 11.2. The maximum absolute atomic E-state index is 11.7. The van der Waals surface area contributed by atoms with Crippen molar-refractivity contribution in [3.8, 4) is 10.4 Å². The number of benzene rings is 1. The third-order valence-corrected chi connectivity index (χ3v) is 4.91. The van der Waals surface area contributed by atoms with Gasteiger partial charge in [0, 0.05) is 16.3 Å². The normalized spacial score (nSPS) is 11.4. The molecule has 2 aromatic rings. The van der Waals surface area contributed by atoms with Crippen molar-refractivity contribution in [2.45, 2.75) is 0 Å². The van der Waals surface area contributed by atoms with Crippen molar-refractivity contribution in [3.05, 3.63) is 41.8 Å². The third-order valence-electron chi connectivity index (χ3n) is 2.33. The zero-order chi connectivity index (χ0) is 13.0. The van der Waals surface area contributed by atoms with E-state index in [1.165, 1.54) is 0 Å². The van der Waals surface area contributed by atoms with Gasteiger partial charge in [0.15, 0.2) is 0 Å². The van der Waals surface area contributed by atoms with Gasteiger partial charge >= 0.3 is 0 Å². The highest BCUT2D eigenvalue weighted by Crippen LogP contribution is 2.31. The summed E-state index contributed by atoms with van der Waals surface area (Å²) in [4.78, 5) is 1.03. The Morgan fingerprint density at radius 3 is 2.61 bits per heavy atom. The van der Waals surface area contributed by atoms with Gasteiger partial charge in [-0.1, -0.05) is 24.3 Å². The van der Waals surface area contributed by atoms with Crippen molar-refractivity contribution in [2.75, 3.05) is 16.4 Å². The summed E-state index contributed by atoms with van der Waals surface area (Å²) in [6.07, 6.45) is 0. The fourth-order valence-corrected chi connectivity index (χ4v) is 3.73. The molecule has 6 heteroatoms. The minimum absolute atomic E-state index is 0.0799. The van der Waals surface area contributed by atoms with E-state index in [9.17, 15) is 8.42 Å². The molecule has 0 spiro atoms. The zero-order valence-corrected chi connectivity index (χ0v) is 11.9. The first-order valence-corrected chi connectivity index (χ1v) is 8.38. The van der Waals surface area contributed by atoms with Gasteiger partial charge in [0.25, 0.3) is 0 Å². The van der Waals surface area contributed by atoms with Crippen LogP contribution in [0.3, 0.4) is 0 Å². The quantitative estimate of drug-likeness (QED) is 0.860. The molecule has 0 radical (unpaired) electrons. The molecule has 0 aliphatic heterocycles. The number of hydrogen-bond donors (Lipinski definition) is 1. The van der Waals surface area contributed by atoms with Gasteiger partial charge in [0.2, 0.25) is 10.0 Å². The second-order valence-electron chi connectivity index (χ2n) is 3.63. The molecule has 18 heavy (non-hydrogen) atoms. The number of hydrogen-bond acceptors (Lipinski definition) is 3. The van der Waals surface area contributed by atoms with Gasteiger partial charge in [-0.2, -0.15) is 0 Å². The largest absolute Gasteiger partial charge is 0.283 e. The van der Waals surface area contributed by atoms with Crippen LogP contribution in [0.25, 0.3) is 10.4 Å². The molecule has 0 unspecified atom stereocenters. The fourth-order valence-electron chi connectivity index (χ4n) is 1.54. The van der Waals surface area contributed by atoms with E-state index in [-0.39, 0.29) is 11.6 Å². The second kappa shape index (κ2) is 5.73. The van der Waals surface area contributed by atoms with Gasteiger partial charge < -0.3 is 0 Å². The first-order valence-electron chi connectivity index (χ1n) is 5.32. The molecule has 3 nitrogen and oxygen atoms in total. The fraction of sp³-hybridized carbons (Fsp3) is 0.167. The molecule has 1 aromatic heterocycles. The topological polar surface area (TPSA) is 46.2 Å². The van der Waals surface area contributed by atoms with Crippen LogP contribution >= 0.6 is 22.9 Å². The van der Waals surface area contributed by atoms with Gasteiger partial charge in [0.1, 0.15) is 0 Å². The van der Waals surface area contributed by atoms with Crippen LogP contribution in [0.2, 0.25) is 0 Å². The molecule has 1 aromatic carbocycles. The zero-order valence-electron chi connectivity index (χ0n) is 9.47. The average Bonchev–Trinajstić information content (AvgIpc) is 2.82. The lowest BCUT2D eigenvalue weighted by atomic mass is 10.1. The van der Waals surface area contributed by atoms with Crippen LogP contribution in [-0.2, 0) is 10.0 Å². The van der Waals surface area contributed by atoms with E-state index in [0.717, 1.165) is 10.4 Å². The smallest absolute Gasteiger partial charge is 0.233 e.